The second kappa shape index (κ2) is 7.71. The van der Waals surface area contributed by atoms with Crippen LogP contribution in [-0.2, 0) is 0 Å². The van der Waals surface area contributed by atoms with Gasteiger partial charge < -0.3 is 4.74 Å². The lowest BCUT2D eigenvalue weighted by atomic mass is 10.1. The van der Waals surface area contributed by atoms with Crippen molar-refractivity contribution in [2.45, 2.75) is 0 Å². The Morgan fingerprint density at radius 1 is 1.24 bits per heavy atom. The molecule has 0 spiro atoms. The molecule has 3 rings (SSSR count). The van der Waals surface area contributed by atoms with Gasteiger partial charge in [-0.25, -0.2) is 4.98 Å². The molecular formula is C19H12Cl2N2OS. The molecule has 0 fully saturated rings. The van der Waals surface area contributed by atoms with E-state index in [2.05, 4.69) is 11.1 Å². The molecule has 0 aliphatic rings. The highest BCUT2D eigenvalue weighted by Gasteiger charge is 2.12. The number of aromatic nitrogens is 1. The first-order valence-electron chi connectivity index (χ1n) is 7.28. The summed E-state index contributed by atoms with van der Waals surface area (Å²) in [5.74, 6) is 0.735. The monoisotopic (exact) mass is 386 g/mol. The van der Waals surface area contributed by atoms with E-state index in [4.69, 9.17) is 27.9 Å². The van der Waals surface area contributed by atoms with Crippen LogP contribution in [0.3, 0.4) is 0 Å². The highest BCUT2D eigenvalue weighted by Crippen LogP contribution is 2.33. The van der Waals surface area contributed by atoms with Crippen molar-refractivity contribution in [1.82, 2.24) is 4.98 Å². The Balaban J connectivity index is 1.96. The molecule has 0 aliphatic heterocycles. The smallest absolute Gasteiger partial charge is 0.134 e. The maximum atomic E-state index is 9.51. The molecule has 1 heterocycles. The van der Waals surface area contributed by atoms with Gasteiger partial charge in [0, 0.05) is 16.0 Å². The van der Waals surface area contributed by atoms with Crippen molar-refractivity contribution in [3.05, 3.63) is 68.5 Å². The number of nitriles is 1. The van der Waals surface area contributed by atoms with E-state index in [1.807, 2.05) is 35.7 Å². The van der Waals surface area contributed by atoms with Gasteiger partial charge in [-0.05, 0) is 42.0 Å². The van der Waals surface area contributed by atoms with Crippen molar-refractivity contribution in [1.29, 1.82) is 5.26 Å². The van der Waals surface area contributed by atoms with Crippen LogP contribution in [-0.4, -0.2) is 12.1 Å². The Kier molecular flexibility index (Phi) is 5.40. The van der Waals surface area contributed by atoms with E-state index in [-0.39, 0.29) is 0 Å². The van der Waals surface area contributed by atoms with Gasteiger partial charge in [-0.15, -0.1) is 11.3 Å². The third-order valence-electron chi connectivity index (χ3n) is 3.47. The Morgan fingerprint density at radius 2 is 2.08 bits per heavy atom. The van der Waals surface area contributed by atoms with Crippen LogP contribution in [0, 0.1) is 11.3 Å². The predicted octanol–water partition coefficient (Wildman–Crippen LogP) is 6.19. The zero-order valence-corrected chi connectivity index (χ0v) is 15.5. The lowest BCUT2D eigenvalue weighted by Gasteiger charge is -2.01. The van der Waals surface area contributed by atoms with Crippen molar-refractivity contribution in [3.63, 3.8) is 0 Å². The Hall–Kier alpha value is -2.32. The topological polar surface area (TPSA) is 45.9 Å². The molecule has 0 atom stereocenters. The zero-order chi connectivity index (χ0) is 17.8. The van der Waals surface area contributed by atoms with E-state index in [0.717, 1.165) is 16.9 Å². The van der Waals surface area contributed by atoms with Crippen LogP contribution < -0.4 is 4.74 Å². The van der Waals surface area contributed by atoms with Crippen molar-refractivity contribution < 1.29 is 4.74 Å². The van der Waals surface area contributed by atoms with Crippen LogP contribution in [0.4, 0.5) is 0 Å². The first-order valence-corrected chi connectivity index (χ1v) is 8.91. The minimum Gasteiger partial charge on any atom is -0.497 e. The van der Waals surface area contributed by atoms with E-state index in [0.29, 0.717) is 26.3 Å². The largest absolute Gasteiger partial charge is 0.497 e. The van der Waals surface area contributed by atoms with Crippen LogP contribution in [0.15, 0.2) is 47.8 Å². The number of allylic oxidation sites excluding steroid dienone is 1. The molecule has 0 saturated carbocycles. The number of hydrogen-bond donors (Lipinski definition) is 0. The molecule has 0 aliphatic carbocycles. The number of thiazole rings is 1. The van der Waals surface area contributed by atoms with Gasteiger partial charge in [0.25, 0.3) is 0 Å². The fourth-order valence-corrected chi connectivity index (χ4v) is 3.55. The van der Waals surface area contributed by atoms with Crippen molar-refractivity contribution in [2.24, 2.45) is 0 Å². The van der Waals surface area contributed by atoms with Crippen molar-refractivity contribution in [3.8, 4) is 23.1 Å². The molecule has 6 heteroatoms. The van der Waals surface area contributed by atoms with Crippen LogP contribution in [0.1, 0.15) is 10.6 Å². The van der Waals surface area contributed by atoms with Crippen LogP contribution >= 0.6 is 34.5 Å². The second-order valence-corrected chi connectivity index (χ2v) is 6.81. The van der Waals surface area contributed by atoms with E-state index >= 15 is 0 Å². The van der Waals surface area contributed by atoms with E-state index in [1.165, 1.54) is 11.3 Å². The van der Waals surface area contributed by atoms with Gasteiger partial charge in [-0.2, -0.15) is 5.26 Å². The van der Waals surface area contributed by atoms with Gasteiger partial charge in [-0.1, -0.05) is 35.3 Å². The van der Waals surface area contributed by atoms with Gasteiger partial charge in [-0.3, -0.25) is 0 Å². The van der Waals surface area contributed by atoms with Crippen LogP contribution in [0.25, 0.3) is 22.9 Å². The summed E-state index contributed by atoms with van der Waals surface area (Å²) in [6.45, 7) is 0. The molecule has 0 radical (unpaired) electrons. The number of methoxy groups -OCH3 is 1. The maximum absolute atomic E-state index is 9.51. The Morgan fingerprint density at radius 3 is 2.80 bits per heavy atom. The quantitative estimate of drug-likeness (QED) is 0.502. The summed E-state index contributed by atoms with van der Waals surface area (Å²) in [4.78, 5) is 4.55. The van der Waals surface area contributed by atoms with Crippen molar-refractivity contribution >= 4 is 46.2 Å². The fraction of sp³-hybridized carbons (Fsp3) is 0.0526. The second-order valence-electron chi connectivity index (χ2n) is 5.11. The van der Waals surface area contributed by atoms with Gasteiger partial charge in [0.05, 0.1) is 23.4 Å². The lowest BCUT2D eigenvalue weighted by Crippen LogP contribution is -1.85. The Bertz CT molecular complexity index is 989. The number of halogens is 2. The standard InChI is InChI=1S/C19H12Cl2N2OS/c1-24-15-4-2-3-12(8-15)7-13(10-22)19-23-18(11-25-19)16-6-5-14(20)9-17(16)21/h2-9,11H,1H3/b13-7+. The molecule has 3 aromatic rings. The molecule has 0 N–H and O–H groups in total. The lowest BCUT2D eigenvalue weighted by molar-refractivity contribution is 0.414. The van der Waals surface area contributed by atoms with Crippen molar-refractivity contribution in [2.75, 3.05) is 7.11 Å². The predicted molar refractivity (Wildman–Crippen MR) is 104 cm³/mol. The SMILES string of the molecule is COc1cccc(/C=C(\C#N)c2nc(-c3ccc(Cl)cc3Cl)cs2)c1. The van der Waals surface area contributed by atoms with E-state index in [1.54, 1.807) is 25.3 Å². The summed E-state index contributed by atoms with van der Waals surface area (Å²) in [6, 6.07) is 15.0. The maximum Gasteiger partial charge on any atom is 0.134 e. The number of benzene rings is 2. The summed E-state index contributed by atoms with van der Waals surface area (Å²) in [5, 5.41) is 13.1. The molecule has 1 aromatic heterocycles. The molecule has 3 nitrogen and oxygen atoms in total. The zero-order valence-electron chi connectivity index (χ0n) is 13.2. The summed E-state index contributed by atoms with van der Waals surface area (Å²) in [6.07, 6.45) is 1.79. The first kappa shape index (κ1) is 17.5. The number of rotatable bonds is 4. The fourth-order valence-electron chi connectivity index (χ4n) is 2.26. The van der Waals surface area contributed by atoms with E-state index in [9.17, 15) is 5.26 Å². The summed E-state index contributed by atoms with van der Waals surface area (Å²) >= 11 is 13.6. The minimum atomic E-state index is 0.481. The van der Waals surface area contributed by atoms with Gasteiger partial charge in [0.1, 0.15) is 16.8 Å². The highest BCUT2D eigenvalue weighted by atomic mass is 35.5. The normalized spacial score (nSPS) is 11.2. The number of nitrogens with zero attached hydrogens (tertiary/aromatic N) is 2. The van der Waals surface area contributed by atoms with Gasteiger partial charge >= 0.3 is 0 Å². The highest BCUT2D eigenvalue weighted by molar-refractivity contribution is 7.11. The summed E-state index contributed by atoms with van der Waals surface area (Å²) in [7, 11) is 1.61. The minimum absolute atomic E-state index is 0.481. The average Bonchev–Trinajstić information content (AvgIpc) is 3.09. The third kappa shape index (κ3) is 4.02. The van der Waals surface area contributed by atoms with E-state index < -0.39 is 0 Å². The van der Waals surface area contributed by atoms with Gasteiger partial charge in [0.2, 0.25) is 0 Å². The van der Waals surface area contributed by atoms with Crippen LogP contribution in [0.2, 0.25) is 10.0 Å². The number of ether oxygens (including phenoxy) is 1. The molecule has 0 saturated heterocycles. The van der Waals surface area contributed by atoms with Gasteiger partial charge in [0.15, 0.2) is 0 Å². The molecule has 25 heavy (non-hydrogen) atoms. The molecule has 2 aromatic carbocycles. The average molecular weight is 387 g/mol. The third-order valence-corrected chi connectivity index (χ3v) is 4.89. The molecular weight excluding hydrogens is 375 g/mol. The summed E-state index contributed by atoms with van der Waals surface area (Å²) < 4.78 is 5.21. The first-order chi connectivity index (χ1) is 12.1. The van der Waals surface area contributed by atoms with Crippen LogP contribution in [0.5, 0.6) is 5.75 Å². The molecule has 124 valence electrons. The summed E-state index contributed by atoms with van der Waals surface area (Å²) in [5.41, 5.74) is 2.85. The number of hydrogen-bond acceptors (Lipinski definition) is 4. The molecule has 0 bridgehead atoms. The molecule has 0 unspecified atom stereocenters. The molecule has 0 amide bonds. The Labute approximate surface area is 159 Å².